The fourth-order valence-electron chi connectivity index (χ4n) is 2.49. The second kappa shape index (κ2) is 8.58. The van der Waals surface area contributed by atoms with Crippen LogP contribution in [0.25, 0.3) is 6.08 Å². The quantitative estimate of drug-likeness (QED) is 0.362. The number of benzene rings is 2. The van der Waals surface area contributed by atoms with Crippen molar-refractivity contribution in [3.63, 3.8) is 0 Å². The average molecular weight is 465 g/mol. The van der Waals surface area contributed by atoms with E-state index in [1.165, 1.54) is 6.92 Å². The van der Waals surface area contributed by atoms with Gasteiger partial charge in [0.25, 0.3) is 0 Å². The van der Waals surface area contributed by atoms with Crippen molar-refractivity contribution < 1.29 is 23.8 Å². The predicted octanol–water partition coefficient (Wildman–Crippen LogP) is 4.77. The molecule has 0 N–H and O–H groups in total. The predicted molar refractivity (Wildman–Crippen MR) is 109 cm³/mol. The molecule has 0 aliphatic carbocycles. The van der Waals surface area contributed by atoms with Crippen LogP contribution in [0.4, 0.5) is 0 Å². The number of carbonyl (C=O) groups excluding carboxylic acids is 2. The second-order valence-electron chi connectivity index (χ2n) is 5.67. The van der Waals surface area contributed by atoms with Gasteiger partial charge in [0, 0.05) is 6.92 Å². The monoisotopic (exact) mass is 463 g/mol. The van der Waals surface area contributed by atoms with Crippen LogP contribution in [0, 0.1) is 0 Å². The first kappa shape index (κ1) is 20.1. The van der Waals surface area contributed by atoms with Gasteiger partial charge < -0.3 is 14.2 Å². The Morgan fingerprint density at radius 2 is 2.07 bits per heavy atom. The Morgan fingerprint density at radius 1 is 1.32 bits per heavy atom. The molecular formula is C20H15BrClNO5. The maximum Gasteiger partial charge on any atom is 0.363 e. The molecule has 3 rings (SSSR count). The Kier molecular flexibility index (Phi) is 6.16. The van der Waals surface area contributed by atoms with Gasteiger partial charge in [-0.15, -0.1) is 0 Å². The summed E-state index contributed by atoms with van der Waals surface area (Å²) in [6, 6.07) is 10.3. The lowest BCUT2D eigenvalue weighted by molar-refractivity contribution is -0.132. The van der Waals surface area contributed by atoms with Crippen molar-refractivity contribution in [2.45, 2.75) is 13.8 Å². The molecule has 0 atom stereocenters. The summed E-state index contributed by atoms with van der Waals surface area (Å²) in [5.41, 5.74) is 1.26. The SMILES string of the molecule is CCOc1cc(/C=C2\N=C(c3ccccc3Cl)OC2=O)cc(Br)c1OC(C)=O. The number of hydrogen-bond donors (Lipinski definition) is 0. The number of halogens is 2. The van der Waals surface area contributed by atoms with Gasteiger partial charge in [-0.3, -0.25) is 4.79 Å². The van der Waals surface area contributed by atoms with E-state index in [-0.39, 0.29) is 17.3 Å². The first-order chi connectivity index (χ1) is 13.4. The summed E-state index contributed by atoms with van der Waals surface area (Å²) in [7, 11) is 0. The number of carbonyl (C=O) groups is 2. The first-order valence-corrected chi connectivity index (χ1v) is 9.48. The third kappa shape index (κ3) is 4.43. The van der Waals surface area contributed by atoms with Gasteiger partial charge in [-0.05, 0) is 58.8 Å². The largest absolute Gasteiger partial charge is 0.490 e. The Labute approximate surface area is 174 Å². The highest BCUT2D eigenvalue weighted by molar-refractivity contribution is 9.10. The fourth-order valence-corrected chi connectivity index (χ4v) is 3.25. The van der Waals surface area contributed by atoms with Crippen molar-refractivity contribution in [3.05, 3.63) is 62.7 Å². The van der Waals surface area contributed by atoms with E-state index < -0.39 is 11.9 Å². The zero-order valence-electron chi connectivity index (χ0n) is 15.0. The molecule has 0 spiro atoms. The zero-order valence-corrected chi connectivity index (χ0v) is 17.3. The number of cyclic esters (lactones) is 1. The summed E-state index contributed by atoms with van der Waals surface area (Å²) < 4.78 is 16.5. The average Bonchev–Trinajstić information content (AvgIpc) is 2.99. The maximum atomic E-state index is 12.2. The molecular weight excluding hydrogens is 450 g/mol. The molecule has 0 saturated carbocycles. The summed E-state index contributed by atoms with van der Waals surface area (Å²) >= 11 is 9.50. The smallest absolute Gasteiger partial charge is 0.363 e. The summed E-state index contributed by atoms with van der Waals surface area (Å²) in [6.07, 6.45) is 1.55. The molecule has 1 aliphatic rings. The number of nitrogens with zero attached hydrogens (tertiary/aromatic N) is 1. The van der Waals surface area contributed by atoms with Gasteiger partial charge in [0.15, 0.2) is 17.2 Å². The van der Waals surface area contributed by atoms with E-state index in [0.717, 1.165) is 0 Å². The van der Waals surface area contributed by atoms with Crippen molar-refractivity contribution in [1.29, 1.82) is 0 Å². The topological polar surface area (TPSA) is 74.2 Å². The molecule has 0 saturated heterocycles. The summed E-state index contributed by atoms with van der Waals surface area (Å²) in [6.45, 7) is 3.49. The van der Waals surface area contributed by atoms with Crippen molar-refractivity contribution >= 4 is 51.4 Å². The van der Waals surface area contributed by atoms with Crippen molar-refractivity contribution in [2.75, 3.05) is 6.61 Å². The molecule has 2 aromatic rings. The third-order valence-corrected chi connectivity index (χ3v) is 4.52. The first-order valence-electron chi connectivity index (χ1n) is 8.31. The molecule has 8 heteroatoms. The number of hydrogen-bond acceptors (Lipinski definition) is 6. The van der Waals surface area contributed by atoms with Crippen LogP contribution in [0.15, 0.2) is 51.6 Å². The standard InChI is InChI=1S/C20H15BrClNO5/c1-3-26-17-10-12(8-14(21)18(17)27-11(2)24)9-16-20(25)28-19(23-16)13-6-4-5-7-15(13)22/h4-10H,3H2,1-2H3/b16-9-. The van der Waals surface area contributed by atoms with Gasteiger partial charge in [0.05, 0.1) is 21.7 Å². The van der Waals surface area contributed by atoms with Gasteiger partial charge in [0.1, 0.15) is 0 Å². The molecule has 0 bridgehead atoms. The molecule has 6 nitrogen and oxygen atoms in total. The lowest BCUT2D eigenvalue weighted by atomic mass is 10.1. The molecule has 0 fully saturated rings. The van der Waals surface area contributed by atoms with Gasteiger partial charge >= 0.3 is 11.9 Å². The Hall–Kier alpha value is -2.64. The molecule has 1 heterocycles. The Bertz CT molecular complexity index is 1020. The molecule has 0 unspecified atom stereocenters. The van der Waals surface area contributed by atoms with Crippen LogP contribution in [0.5, 0.6) is 11.5 Å². The van der Waals surface area contributed by atoms with Gasteiger partial charge in [-0.25, -0.2) is 9.79 Å². The number of ether oxygens (including phenoxy) is 3. The van der Waals surface area contributed by atoms with E-state index in [4.69, 9.17) is 25.8 Å². The van der Waals surface area contributed by atoms with E-state index in [1.54, 1.807) is 42.5 Å². The molecule has 2 aromatic carbocycles. The minimum Gasteiger partial charge on any atom is -0.490 e. The van der Waals surface area contributed by atoms with E-state index in [2.05, 4.69) is 20.9 Å². The van der Waals surface area contributed by atoms with Crippen LogP contribution in [-0.4, -0.2) is 24.4 Å². The highest BCUT2D eigenvalue weighted by atomic mass is 79.9. The molecule has 0 radical (unpaired) electrons. The zero-order chi connectivity index (χ0) is 20.3. The van der Waals surface area contributed by atoms with Crippen LogP contribution in [0.1, 0.15) is 25.0 Å². The normalized spacial score (nSPS) is 14.6. The minimum atomic E-state index is -0.590. The van der Waals surface area contributed by atoms with Gasteiger partial charge in [-0.1, -0.05) is 23.7 Å². The van der Waals surface area contributed by atoms with E-state index >= 15 is 0 Å². The maximum absolute atomic E-state index is 12.2. The fraction of sp³-hybridized carbons (Fsp3) is 0.150. The number of aliphatic imine (C=N–C) groups is 1. The van der Waals surface area contributed by atoms with Crippen LogP contribution in [-0.2, 0) is 14.3 Å². The summed E-state index contributed by atoms with van der Waals surface area (Å²) in [5, 5.41) is 0.433. The van der Waals surface area contributed by atoms with Gasteiger partial charge in [-0.2, -0.15) is 0 Å². The molecule has 0 amide bonds. The van der Waals surface area contributed by atoms with E-state index in [1.807, 2.05) is 6.92 Å². The second-order valence-corrected chi connectivity index (χ2v) is 6.93. The molecule has 28 heavy (non-hydrogen) atoms. The van der Waals surface area contributed by atoms with E-state index in [0.29, 0.717) is 33.0 Å². The minimum absolute atomic E-state index is 0.115. The summed E-state index contributed by atoms with van der Waals surface area (Å²) in [5.74, 6) is -0.289. The highest BCUT2D eigenvalue weighted by Gasteiger charge is 2.26. The Morgan fingerprint density at radius 3 is 2.75 bits per heavy atom. The van der Waals surface area contributed by atoms with Crippen LogP contribution in [0.3, 0.4) is 0 Å². The van der Waals surface area contributed by atoms with Crippen molar-refractivity contribution in [3.8, 4) is 11.5 Å². The third-order valence-electron chi connectivity index (χ3n) is 3.61. The molecule has 1 aliphatic heterocycles. The van der Waals surface area contributed by atoms with Gasteiger partial charge in [0.2, 0.25) is 5.90 Å². The lowest BCUT2D eigenvalue weighted by Gasteiger charge is -2.12. The number of esters is 2. The van der Waals surface area contributed by atoms with Crippen molar-refractivity contribution in [1.82, 2.24) is 0 Å². The lowest BCUT2D eigenvalue weighted by Crippen LogP contribution is -2.06. The van der Waals surface area contributed by atoms with Crippen LogP contribution in [0.2, 0.25) is 5.02 Å². The van der Waals surface area contributed by atoms with E-state index in [9.17, 15) is 9.59 Å². The summed E-state index contributed by atoms with van der Waals surface area (Å²) in [4.78, 5) is 27.8. The number of rotatable bonds is 5. The highest BCUT2D eigenvalue weighted by Crippen LogP contribution is 2.38. The van der Waals surface area contributed by atoms with Crippen molar-refractivity contribution in [2.24, 2.45) is 4.99 Å². The molecule has 144 valence electrons. The molecule has 0 aromatic heterocycles. The Balaban J connectivity index is 1.99. The van der Waals surface area contributed by atoms with Crippen LogP contribution >= 0.6 is 27.5 Å². The van der Waals surface area contributed by atoms with Crippen LogP contribution < -0.4 is 9.47 Å².